The first kappa shape index (κ1) is 15.2. The molecule has 4 nitrogen and oxygen atoms in total. The number of hydrogen-bond acceptors (Lipinski definition) is 2. The number of aliphatic carboxylic acids is 1. The zero-order valence-corrected chi connectivity index (χ0v) is 9.26. The van der Waals surface area contributed by atoms with Gasteiger partial charge in [-0.05, 0) is 13.8 Å². The summed E-state index contributed by atoms with van der Waals surface area (Å²) in [6.07, 6.45) is 0.188. The summed E-state index contributed by atoms with van der Waals surface area (Å²) in [7, 11) is 2.06. The fraction of sp³-hybridized carbons (Fsp3) is 0.875. The lowest BCUT2D eigenvalue weighted by molar-refractivity contribution is -0.949. The Balaban J connectivity index is 0. The van der Waals surface area contributed by atoms with Crippen LogP contribution in [0.3, 0.4) is 0 Å². The van der Waals surface area contributed by atoms with Gasteiger partial charge in [0.15, 0.2) is 0 Å². The average molecular weight is 211 g/mol. The van der Waals surface area contributed by atoms with E-state index in [0.29, 0.717) is 6.54 Å². The minimum atomic E-state index is -0.749. The maximum absolute atomic E-state index is 10.2. The Bertz CT molecular complexity index is 149. The Kier molecular flexibility index (Phi) is 8.30. The maximum atomic E-state index is 10.2. The predicted octanol–water partition coefficient (Wildman–Crippen LogP) is -2.54. The van der Waals surface area contributed by atoms with Gasteiger partial charge in [-0.3, -0.25) is 4.79 Å². The number of halogens is 1. The molecule has 0 saturated carbocycles. The molecule has 0 fully saturated rings. The van der Waals surface area contributed by atoms with Crippen LogP contribution in [0, 0.1) is 0 Å². The predicted molar refractivity (Wildman–Crippen MR) is 47.5 cm³/mol. The topological polar surface area (TPSA) is 49.3 Å². The van der Waals surface area contributed by atoms with E-state index in [2.05, 4.69) is 26.3 Å². The van der Waals surface area contributed by atoms with E-state index in [0.717, 1.165) is 17.7 Å². The standard InChI is InChI=1S/C8H18N2O2.ClH/c1-4-10(3,5-2)9-7-6-8(11)12;/h9H,4-7H2,1-3H3;1H. The molecule has 80 valence electrons. The molecule has 0 aromatic heterocycles. The Morgan fingerprint density at radius 3 is 2.15 bits per heavy atom. The molecule has 5 heteroatoms. The number of carboxylic acids is 1. The van der Waals surface area contributed by atoms with Gasteiger partial charge in [0.2, 0.25) is 0 Å². The van der Waals surface area contributed by atoms with Crippen LogP contribution in [0.5, 0.6) is 0 Å². The van der Waals surface area contributed by atoms with Gasteiger partial charge in [0.05, 0.1) is 33.1 Å². The van der Waals surface area contributed by atoms with Gasteiger partial charge in [0.25, 0.3) is 0 Å². The molecule has 0 saturated heterocycles. The monoisotopic (exact) mass is 210 g/mol. The molecule has 0 aliphatic carbocycles. The number of nitrogens with one attached hydrogen (secondary N) is 1. The third-order valence-electron chi connectivity index (χ3n) is 2.23. The number of rotatable bonds is 6. The molecule has 0 aliphatic heterocycles. The highest BCUT2D eigenvalue weighted by molar-refractivity contribution is 5.66. The largest absolute Gasteiger partial charge is 1.00 e. The maximum Gasteiger partial charge on any atom is 0.304 e. The minimum Gasteiger partial charge on any atom is -1.00 e. The number of hydrogen-bond donors (Lipinski definition) is 2. The molecule has 0 aliphatic rings. The fourth-order valence-corrected chi connectivity index (χ4v) is 0.880. The molecule has 13 heavy (non-hydrogen) atoms. The number of nitrogens with zero attached hydrogens (tertiary/aromatic N) is 1. The van der Waals surface area contributed by atoms with E-state index in [1.807, 2.05) is 0 Å². The Morgan fingerprint density at radius 1 is 1.38 bits per heavy atom. The van der Waals surface area contributed by atoms with Crippen LogP contribution >= 0.6 is 0 Å². The van der Waals surface area contributed by atoms with E-state index in [-0.39, 0.29) is 18.8 Å². The van der Waals surface area contributed by atoms with Crippen LogP contribution in [0.4, 0.5) is 0 Å². The second kappa shape index (κ2) is 7.12. The molecule has 0 rings (SSSR count). The lowest BCUT2D eigenvalue weighted by Crippen LogP contribution is -3.00. The Labute approximate surface area is 85.9 Å². The van der Waals surface area contributed by atoms with E-state index in [1.165, 1.54) is 0 Å². The molecular formula is C8H19ClN2O2. The molecule has 2 N–H and O–H groups in total. The van der Waals surface area contributed by atoms with Crippen molar-refractivity contribution in [2.24, 2.45) is 0 Å². The second-order valence-electron chi connectivity index (χ2n) is 3.08. The van der Waals surface area contributed by atoms with Crippen molar-refractivity contribution in [2.45, 2.75) is 20.3 Å². The summed E-state index contributed by atoms with van der Waals surface area (Å²) < 4.78 is 0.729. The summed E-state index contributed by atoms with van der Waals surface area (Å²) in [5.41, 5.74) is 3.18. The third-order valence-corrected chi connectivity index (χ3v) is 2.23. The third kappa shape index (κ3) is 6.81. The molecule has 0 bridgehead atoms. The SMILES string of the molecule is CC[N+](C)(CC)NCCC(=O)O.[Cl-]. The van der Waals surface area contributed by atoms with Crippen molar-refractivity contribution < 1.29 is 26.9 Å². The molecule has 0 aromatic rings. The van der Waals surface area contributed by atoms with E-state index in [1.54, 1.807) is 0 Å². The summed E-state index contributed by atoms with van der Waals surface area (Å²) in [5, 5.41) is 8.41. The molecule has 0 aromatic carbocycles. The lowest BCUT2D eigenvalue weighted by atomic mass is 10.4. The van der Waals surface area contributed by atoms with Crippen molar-refractivity contribution in [3.63, 3.8) is 0 Å². The van der Waals surface area contributed by atoms with Crippen molar-refractivity contribution in [3.8, 4) is 0 Å². The molecule has 0 heterocycles. The molecule has 0 spiro atoms. The number of carbonyl (C=O) groups is 1. The van der Waals surface area contributed by atoms with Crippen LogP contribution in [0.1, 0.15) is 20.3 Å². The van der Waals surface area contributed by atoms with Crippen molar-refractivity contribution in [1.29, 1.82) is 0 Å². The average Bonchev–Trinajstić information content (AvgIpc) is 2.03. The Hall–Kier alpha value is -0.320. The van der Waals surface area contributed by atoms with Gasteiger partial charge in [-0.2, -0.15) is 5.43 Å². The van der Waals surface area contributed by atoms with Gasteiger partial charge in [-0.1, -0.05) is 0 Å². The van der Waals surface area contributed by atoms with E-state index in [9.17, 15) is 4.79 Å². The molecule has 0 atom stereocenters. The van der Waals surface area contributed by atoms with Crippen molar-refractivity contribution >= 4 is 5.97 Å². The first-order chi connectivity index (χ1) is 5.54. The van der Waals surface area contributed by atoms with Crippen molar-refractivity contribution in [1.82, 2.24) is 5.43 Å². The lowest BCUT2D eigenvalue weighted by Gasteiger charge is -2.31. The van der Waals surface area contributed by atoms with Crippen LogP contribution in [-0.4, -0.2) is 42.3 Å². The summed E-state index contributed by atoms with van der Waals surface area (Å²) in [6, 6.07) is 0. The molecule has 0 radical (unpaired) electrons. The van der Waals surface area contributed by atoms with Gasteiger partial charge < -0.3 is 17.5 Å². The van der Waals surface area contributed by atoms with Gasteiger partial charge >= 0.3 is 5.97 Å². The number of carboxylic acid groups (broad SMARTS) is 1. The zero-order valence-electron chi connectivity index (χ0n) is 8.51. The van der Waals surface area contributed by atoms with Gasteiger partial charge in [0.1, 0.15) is 0 Å². The smallest absolute Gasteiger partial charge is 0.304 e. The highest BCUT2D eigenvalue weighted by Gasteiger charge is 2.15. The van der Waals surface area contributed by atoms with Crippen LogP contribution in [0.2, 0.25) is 0 Å². The van der Waals surface area contributed by atoms with Crippen molar-refractivity contribution in [3.05, 3.63) is 0 Å². The molecule has 0 amide bonds. The fourth-order valence-electron chi connectivity index (χ4n) is 0.880. The van der Waals surface area contributed by atoms with Crippen LogP contribution in [0.15, 0.2) is 0 Å². The molecular weight excluding hydrogens is 192 g/mol. The van der Waals surface area contributed by atoms with Crippen LogP contribution in [0.25, 0.3) is 0 Å². The second-order valence-corrected chi connectivity index (χ2v) is 3.08. The van der Waals surface area contributed by atoms with Gasteiger partial charge in [-0.15, -0.1) is 0 Å². The first-order valence-corrected chi connectivity index (χ1v) is 4.35. The van der Waals surface area contributed by atoms with Crippen LogP contribution < -0.4 is 17.8 Å². The van der Waals surface area contributed by atoms with E-state index in [4.69, 9.17) is 5.11 Å². The first-order valence-electron chi connectivity index (χ1n) is 4.35. The summed E-state index contributed by atoms with van der Waals surface area (Å²) in [6.45, 7) is 6.63. The normalized spacial score (nSPS) is 10.7. The minimum absolute atomic E-state index is 0. The summed E-state index contributed by atoms with van der Waals surface area (Å²) in [5.74, 6) is -0.749. The highest BCUT2D eigenvalue weighted by atomic mass is 35.5. The van der Waals surface area contributed by atoms with Crippen molar-refractivity contribution in [2.75, 3.05) is 26.7 Å². The Morgan fingerprint density at radius 2 is 1.85 bits per heavy atom. The van der Waals surface area contributed by atoms with Gasteiger partial charge in [0, 0.05) is 0 Å². The summed E-state index contributed by atoms with van der Waals surface area (Å²) in [4.78, 5) is 10.2. The highest BCUT2D eigenvalue weighted by Crippen LogP contribution is 1.94. The van der Waals surface area contributed by atoms with E-state index < -0.39 is 5.97 Å². The molecule has 0 unspecified atom stereocenters. The van der Waals surface area contributed by atoms with Gasteiger partial charge in [-0.25, -0.2) is 4.59 Å². The number of quaternary nitrogens is 1. The summed E-state index contributed by atoms with van der Waals surface area (Å²) >= 11 is 0. The van der Waals surface area contributed by atoms with E-state index >= 15 is 0 Å². The quantitative estimate of drug-likeness (QED) is 0.375. The van der Waals surface area contributed by atoms with Crippen LogP contribution in [-0.2, 0) is 4.79 Å². The zero-order chi connectivity index (χ0) is 9.61.